The summed E-state index contributed by atoms with van der Waals surface area (Å²) in [5, 5.41) is 3.75. The molecule has 1 fully saturated rings. The lowest BCUT2D eigenvalue weighted by atomic mass is 9.73. The summed E-state index contributed by atoms with van der Waals surface area (Å²) in [7, 11) is 0. The molecule has 0 atom stereocenters. The van der Waals surface area contributed by atoms with Crippen LogP contribution in [0.2, 0.25) is 5.02 Å². The van der Waals surface area contributed by atoms with Crippen molar-refractivity contribution in [3.63, 3.8) is 0 Å². The number of rotatable bonds is 6. The van der Waals surface area contributed by atoms with Gasteiger partial charge in [-0.05, 0) is 72.5 Å². The van der Waals surface area contributed by atoms with Crippen LogP contribution in [0, 0.1) is 0 Å². The Balaban J connectivity index is 1.33. The number of carbonyl (C=O) groups excluding carboxylic acids is 1. The van der Waals surface area contributed by atoms with Crippen LogP contribution in [0.1, 0.15) is 18.4 Å². The fourth-order valence-electron chi connectivity index (χ4n) is 4.33. The number of nitrogens with zero attached hydrogens (tertiary/aromatic N) is 2. The lowest BCUT2D eigenvalue weighted by Gasteiger charge is -2.36. The first-order valence-corrected chi connectivity index (χ1v) is 12.0. The molecular weight excluding hydrogens is 476 g/mol. The van der Waals surface area contributed by atoms with Crippen molar-refractivity contribution in [2.75, 3.05) is 24.3 Å². The molecule has 0 aliphatic carbocycles. The minimum absolute atomic E-state index is 0.0549. The highest BCUT2D eigenvalue weighted by atomic mass is 35.5. The molecule has 182 valence electrons. The van der Waals surface area contributed by atoms with Gasteiger partial charge in [-0.3, -0.25) is 4.79 Å². The smallest absolute Gasteiger partial charge is 0.235 e. The Bertz CT molecular complexity index is 1320. The summed E-state index contributed by atoms with van der Waals surface area (Å²) < 4.78 is 11.4. The molecule has 1 aliphatic heterocycles. The number of nitrogen functional groups attached to an aromatic ring is 1. The molecule has 3 N–H and O–H groups in total. The minimum Gasteiger partial charge on any atom is -0.457 e. The predicted octanol–water partition coefficient (Wildman–Crippen LogP) is 5.86. The molecule has 1 aliphatic rings. The largest absolute Gasteiger partial charge is 0.457 e. The molecule has 4 aromatic rings. The highest BCUT2D eigenvalue weighted by Crippen LogP contribution is 2.37. The third kappa shape index (κ3) is 5.17. The summed E-state index contributed by atoms with van der Waals surface area (Å²) >= 11 is 5.93. The number of nitrogens with one attached hydrogen (secondary N) is 1. The topological polar surface area (TPSA) is 99.4 Å². The predicted molar refractivity (Wildman–Crippen MR) is 140 cm³/mol. The molecular formula is C28H25ClN4O3. The molecule has 3 aromatic carbocycles. The van der Waals surface area contributed by atoms with Gasteiger partial charge in [-0.25, -0.2) is 9.97 Å². The summed E-state index contributed by atoms with van der Waals surface area (Å²) in [6, 6.07) is 22.4. The number of ether oxygens (including phenoxy) is 2. The van der Waals surface area contributed by atoms with Crippen LogP contribution < -0.4 is 15.8 Å². The maximum atomic E-state index is 13.6. The van der Waals surface area contributed by atoms with Crippen molar-refractivity contribution in [1.29, 1.82) is 0 Å². The maximum Gasteiger partial charge on any atom is 0.235 e. The molecule has 0 radical (unpaired) electrons. The fourth-order valence-corrected chi connectivity index (χ4v) is 4.46. The SMILES string of the molecule is Nc1ncc(-c2ccc(C3(C(=O)Nc4ccc(Oc5ccc(Cl)cc5)cc4)CCOCC3)cc2)cn1. The second-order valence-corrected chi connectivity index (χ2v) is 9.07. The number of benzene rings is 3. The normalized spacial score (nSPS) is 14.7. The number of carbonyl (C=O) groups is 1. The van der Waals surface area contributed by atoms with Crippen molar-refractivity contribution in [3.8, 4) is 22.6 Å². The highest BCUT2D eigenvalue weighted by Gasteiger charge is 2.41. The van der Waals surface area contributed by atoms with Crippen molar-refractivity contribution in [2.24, 2.45) is 0 Å². The van der Waals surface area contributed by atoms with Crippen LogP contribution in [0.3, 0.4) is 0 Å². The number of nitrogens with two attached hydrogens (primary N) is 1. The van der Waals surface area contributed by atoms with E-state index in [0.29, 0.717) is 48.3 Å². The molecule has 8 heteroatoms. The van der Waals surface area contributed by atoms with E-state index in [1.807, 2.05) is 48.5 Å². The summed E-state index contributed by atoms with van der Waals surface area (Å²) in [5.74, 6) is 1.53. The zero-order valence-corrected chi connectivity index (χ0v) is 20.2. The monoisotopic (exact) mass is 500 g/mol. The molecule has 7 nitrogen and oxygen atoms in total. The Morgan fingerprint density at radius 2 is 1.44 bits per heavy atom. The second-order valence-electron chi connectivity index (χ2n) is 8.64. The molecule has 1 aromatic heterocycles. The van der Waals surface area contributed by atoms with Crippen LogP contribution in [-0.2, 0) is 14.9 Å². The van der Waals surface area contributed by atoms with E-state index in [9.17, 15) is 4.79 Å². The van der Waals surface area contributed by atoms with Gasteiger partial charge in [-0.15, -0.1) is 0 Å². The number of anilines is 2. The Morgan fingerprint density at radius 3 is 2.06 bits per heavy atom. The zero-order valence-electron chi connectivity index (χ0n) is 19.5. The van der Waals surface area contributed by atoms with E-state index < -0.39 is 5.41 Å². The average molecular weight is 501 g/mol. The van der Waals surface area contributed by atoms with Crippen LogP contribution in [-0.4, -0.2) is 29.1 Å². The van der Waals surface area contributed by atoms with Crippen molar-refractivity contribution in [3.05, 3.63) is 95.8 Å². The highest BCUT2D eigenvalue weighted by molar-refractivity contribution is 6.30. The lowest BCUT2D eigenvalue weighted by molar-refractivity contribution is -0.125. The molecule has 0 saturated carbocycles. The number of halogens is 1. The van der Waals surface area contributed by atoms with E-state index in [4.69, 9.17) is 26.8 Å². The third-order valence-electron chi connectivity index (χ3n) is 6.39. The molecule has 2 heterocycles. The molecule has 0 spiro atoms. The van der Waals surface area contributed by atoms with Gasteiger partial charge in [0.05, 0.1) is 5.41 Å². The Kier molecular flexibility index (Phi) is 6.84. The standard InChI is InChI=1S/C28H25ClN4O3/c29-22-5-9-24(10-6-22)36-25-11-7-23(8-12-25)33-26(34)28(13-15-35-16-14-28)21-3-1-19(2-4-21)20-17-31-27(30)32-18-20/h1-12,17-18H,13-16H2,(H,33,34)(H2,30,31,32). The van der Waals surface area contributed by atoms with Crippen molar-refractivity contribution >= 4 is 29.1 Å². The molecule has 0 bridgehead atoms. The summed E-state index contributed by atoms with van der Waals surface area (Å²) in [5.41, 5.74) is 8.38. The fraction of sp³-hybridized carbons (Fsp3) is 0.179. The van der Waals surface area contributed by atoms with Gasteiger partial charge in [0.15, 0.2) is 0 Å². The first kappa shape index (κ1) is 23.8. The molecule has 5 rings (SSSR count). The number of hydrogen-bond donors (Lipinski definition) is 2. The van der Waals surface area contributed by atoms with Crippen LogP contribution in [0.15, 0.2) is 85.2 Å². The van der Waals surface area contributed by atoms with Crippen LogP contribution in [0.4, 0.5) is 11.6 Å². The maximum absolute atomic E-state index is 13.6. The van der Waals surface area contributed by atoms with Gasteiger partial charge in [-0.2, -0.15) is 0 Å². The van der Waals surface area contributed by atoms with E-state index in [1.54, 1.807) is 36.7 Å². The first-order chi connectivity index (χ1) is 17.5. The molecule has 1 saturated heterocycles. The quantitative estimate of drug-likeness (QED) is 0.344. The Hall–Kier alpha value is -3.94. The minimum atomic E-state index is -0.688. The molecule has 36 heavy (non-hydrogen) atoms. The van der Waals surface area contributed by atoms with E-state index in [0.717, 1.165) is 16.7 Å². The van der Waals surface area contributed by atoms with Crippen molar-refractivity contribution in [2.45, 2.75) is 18.3 Å². The second kappa shape index (κ2) is 10.4. The zero-order chi connectivity index (χ0) is 25.0. The summed E-state index contributed by atoms with van der Waals surface area (Å²) in [6.45, 7) is 1.05. The van der Waals surface area contributed by atoms with Gasteiger partial charge in [0.25, 0.3) is 0 Å². The Labute approximate surface area is 214 Å². The van der Waals surface area contributed by atoms with Gasteiger partial charge in [0.2, 0.25) is 11.9 Å². The van der Waals surface area contributed by atoms with Crippen molar-refractivity contribution in [1.82, 2.24) is 9.97 Å². The van der Waals surface area contributed by atoms with Gasteiger partial charge >= 0.3 is 0 Å². The van der Waals surface area contributed by atoms with E-state index in [1.165, 1.54) is 0 Å². The summed E-state index contributed by atoms with van der Waals surface area (Å²) in [4.78, 5) is 21.8. The van der Waals surface area contributed by atoms with Crippen molar-refractivity contribution < 1.29 is 14.3 Å². The van der Waals surface area contributed by atoms with Gasteiger partial charge in [-0.1, -0.05) is 35.9 Å². The van der Waals surface area contributed by atoms with Crippen LogP contribution >= 0.6 is 11.6 Å². The van der Waals surface area contributed by atoms with E-state index >= 15 is 0 Å². The lowest BCUT2D eigenvalue weighted by Crippen LogP contribution is -2.44. The van der Waals surface area contributed by atoms with E-state index in [-0.39, 0.29) is 11.9 Å². The van der Waals surface area contributed by atoms with Crippen LogP contribution in [0.25, 0.3) is 11.1 Å². The number of amides is 1. The number of aromatic nitrogens is 2. The molecule has 0 unspecified atom stereocenters. The van der Waals surface area contributed by atoms with Gasteiger partial charge < -0.3 is 20.5 Å². The summed E-state index contributed by atoms with van der Waals surface area (Å²) in [6.07, 6.45) is 4.57. The number of hydrogen-bond acceptors (Lipinski definition) is 6. The van der Waals surface area contributed by atoms with Gasteiger partial charge in [0.1, 0.15) is 11.5 Å². The molecule has 1 amide bonds. The third-order valence-corrected chi connectivity index (χ3v) is 6.64. The van der Waals surface area contributed by atoms with Crippen LogP contribution in [0.5, 0.6) is 11.5 Å². The first-order valence-electron chi connectivity index (χ1n) is 11.6. The van der Waals surface area contributed by atoms with E-state index in [2.05, 4.69) is 15.3 Å². The van der Waals surface area contributed by atoms with Gasteiger partial charge in [0, 0.05) is 41.9 Å². The Morgan fingerprint density at radius 1 is 0.861 bits per heavy atom. The average Bonchev–Trinajstić information content (AvgIpc) is 2.92.